The van der Waals surface area contributed by atoms with Crippen molar-refractivity contribution in [2.75, 3.05) is 13.2 Å². The highest BCUT2D eigenvalue weighted by Gasteiger charge is 2.41. The fourth-order valence-electron chi connectivity index (χ4n) is 3.62. The number of nitrogens with one attached hydrogen (secondary N) is 1. The number of rotatable bonds is 6. The minimum Gasteiger partial charge on any atom is -0.373 e. The van der Waals surface area contributed by atoms with Crippen molar-refractivity contribution in [3.63, 3.8) is 0 Å². The highest BCUT2D eigenvalue weighted by atomic mass is 16.5. The maximum absolute atomic E-state index is 6.32. The van der Waals surface area contributed by atoms with Crippen LogP contribution in [0.15, 0.2) is 24.3 Å². The number of likely N-dealkylation sites (N-methyl/N-ethyl adjacent to an activating group) is 1. The molecule has 0 aliphatic heterocycles. The van der Waals surface area contributed by atoms with Gasteiger partial charge in [0, 0.05) is 6.61 Å². The third-order valence-electron chi connectivity index (χ3n) is 4.44. The van der Waals surface area contributed by atoms with Gasteiger partial charge in [0.2, 0.25) is 0 Å². The van der Waals surface area contributed by atoms with Crippen LogP contribution in [0.2, 0.25) is 0 Å². The summed E-state index contributed by atoms with van der Waals surface area (Å²) in [6.07, 6.45) is 6.27. The van der Waals surface area contributed by atoms with Crippen LogP contribution < -0.4 is 5.32 Å². The summed E-state index contributed by atoms with van der Waals surface area (Å²) >= 11 is 0. The first-order valence-electron chi connectivity index (χ1n) is 8.16. The second kappa shape index (κ2) is 7.24. The zero-order valence-corrected chi connectivity index (χ0v) is 13.2. The molecule has 1 N–H and O–H groups in total. The van der Waals surface area contributed by atoms with Crippen molar-refractivity contribution in [3.8, 4) is 0 Å². The third kappa shape index (κ3) is 3.42. The maximum atomic E-state index is 6.32. The van der Waals surface area contributed by atoms with Gasteiger partial charge in [-0.2, -0.15) is 0 Å². The van der Waals surface area contributed by atoms with Crippen LogP contribution in [0.4, 0.5) is 0 Å². The molecule has 0 heterocycles. The predicted octanol–water partition coefficient (Wildman–Crippen LogP) is 4.39. The van der Waals surface area contributed by atoms with E-state index in [-0.39, 0.29) is 5.60 Å². The fourth-order valence-corrected chi connectivity index (χ4v) is 3.62. The highest BCUT2D eigenvalue weighted by Crippen LogP contribution is 2.41. The molecule has 2 nitrogen and oxygen atoms in total. The molecule has 1 fully saturated rings. The number of hydrogen-bond acceptors (Lipinski definition) is 2. The average Bonchev–Trinajstić information content (AvgIpc) is 2.46. The second-order valence-electron chi connectivity index (χ2n) is 5.96. The van der Waals surface area contributed by atoms with E-state index in [1.807, 2.05) is 0 Å². The van der Waals surface area contributed by atoms with Crippen LogP contribution in [-0.2, 0) is 4.74 Å². The molecule has 1 aromatic carbocycles. The van der Waals surface area contributed by atoms with Crippen molar-refractivity contribution in [3.05, 3.63) is 35.4 Å². The molecule has 2 rings (SSSR count). The molecule has 0 spiro atoms. The monoisotopic (exact) mass is 275 g/mol. The molecule has 0 saturated heterocycles. The molecule has 1 unspecified atom stereocenters. The van der Waals surface area contributed by atoms with Crippen LogP contribution in [0, 0.1) is 6.92 Å². The van der Waals surface area contributed by atoms with Crippen molar-refractivity contribution in [1.82, 2.24) is 5.32 Å². The van der Waals surface area contributed by atoms with Crippen molar-refractivity contribution >= 4 is 0 Å². The third-order valence-corrected chi connectivity index (χ3v) is 4.44. The van der Waals surface area contributed by atoms with E-state index in [9.17, 15) is 0 Å². The van der Waals surface area contributed by atoms with Gasteiger partial charge in [0.15, 0.2) is 0 Å². The Kier molecular flexibility index (Phi) is 5.62. The van der Waals surface area contributed by atoms with E-state index in [0.717, 1.165) is 13.2 Å². The minimum absolute atomic E-state index is 0.0171. The molecule has 1 aromatic rings. The van der Waals surface area contributed by atoms with Crippen LogP contribution >= 0.6 is 0 Å². The smallest absolute Gasteiger partial charge is 0.0876 e. The van der Waals surface area contributed by atoms with Gasteiger partial charge in [-0.3, -0.25) is 0 Å². The van der Waals surface area contributed by atoms with Gasteiger partial charge in [-0.25, -0.2) is 0 Å². The average molecular weight is 275 g/mol. The molecule has 20 heavy (non-hydrogen) atoms. The van der Waals surface area contributed by atoms with Crippen molar-refractivity contribution in [2.24, 2.45) is 0 Å². The first kappa shape index (κ1) is 15.5. The Labute approximate surface area is 123 Å². The summed E-state index contributed by atoms with van der Waals surface area (Å²) in [7, 11) is 0. The number of ether oxygens (including phenoxy) is 1. The fraction of sp³-hybridized carbons (Fsp3) is 0.667. The van der Waals surface area contributed by atoms with E-state index >= 15 is 0 Å². The Morgan fingerprint density at radius 2 is 1.95 bits per heavy atom. The Balaban J connectivity index is 2.33. The second-order valence-corrected chi connectivity index (χ2v) is 5.96. The summed E-state index contributed by atoms with van der Waals surface area (Å²) in [4.78, 5) is 0. The number of hydrogen-bond donors (Lipinski definition) is 1. The van der Waals surface area contributed by atoms with Gasteiger partial charge >= 0.3 is 0 Å². The summed E-state index contributed by atoms with van der Waals surface area (Å²) in [5, 5.41) is 3.70. The van der Waals surface area contributed by atoms with Gasteiger partial charge in [-0.1, -0.05) is 56.0 Å². The van der Waals surface area contributed by atoms with E-state index in [1.165, 1.54) is 43.2 Å². The van der Waals surface area contributed by atoms with Crippen LogP contribution in [0.3, 0.4) is 0 Å². The summed E-state index contributed by atoms with van der Waals surface area (Å²) in [5.74, 6) is 0. The SMILES string of the molecule is CCNC(c1cccc(C)c1)C1(OCC)CCCCC1. The molecule has 0 bridgehead atoms. The molecule has 0 amide bonds. The summed E-state index contributed by atoms with van der Waals surface area (Å²) in [6.45, 7) is 8.25. The van der Waals surface area contributed by atoms with Crippen molar-refractivity contribution in [2.45, 2.75) is 64.5 Å². The van der Waals surface area contributed by atoms with Crippen molar-refractivity contribution < 1.29 is 4.74 Å². The number of aryl methyl sites for hydroxylation is 1. The standard InChI is InChI=1S/C18H29NO/c1-4-19-17(16-11-9-10-15(3)14-16)18(20-5-2)12-7-6-8-13-18/h9-11,14,17,19H,4-8,12-13H2,1-3H3. The molecular formula is C18H29NO. The molecule has 0 aromatic heterocycles. The topological polar surface area (TPSA) is 21.3 Å². The van der Waals surface area contributed by atoms with E-state index in [4.69, 9.17) is 4.74 Å². The quantitative estimate of drug-likeness (QED) is 0.831. The molecule has 0 radical (unpaired) electrons. The van der Waals surface area contributed by atoms with Crippen LogP contribution in [0.1, 0.15) is 63.1 Å². The van der Waals surface area contributed by atoms with Crippen LogP contribution in [0.5, 0.6) is 0 Å². The van der Waals surface area contributed by atoms with Crippen LogP contribution in [-0.4, -0.2) is 18.8 Å². The number of benzene rings is 1. The van der Waals surface area contributed by atoms with Gasteiger partial charge in [0.25, 0.3) is 0 Å². The van der Waals surface area contributed by atoms with Gasteiger partial charge < -0.3 is 10.1 Å². The van der Waals surface area contributed by atoms with Gasteiger partial charge in [-0.05, 0) is 38.8 Å². The summed E-state index contributed by atoms with van der Waals surface area (Å²) < 4.78 is 6.32. The summed E-state index contributed by atoms with van der Waals surface area (Å²) in [5.41, 5.74) is 2.69. The summed E-state index contributed by atoms with van der Waals surface area (Å²) in [6, 6.07) is 9.20. The van der Waals surface area contributed by atoms with Gasteiger partial charge in [0.05, 0.1) is 11.6 Å². The van der Waals surface area contributed by atoms with E-state index in [2.05, 4.69) is 50.4 Å². The lowest BCUT2D eigenvalue weighted by molar-refractivity contribution is -0.0910. The van der Waals surface area contributed by atoms with Crippen LogP contribution in [0.25, 0.3) is 0 Å². The van der Waals surface area contributed by atoms with E-state index < -0.39 is 0 Å². The lowest BCUT2D eigenvalue weighted by Crippen LogP contribution is -2.47. The first-order chi connectivity index (χ1) is 9.72. The molecule has 1 aliphatic carbocycles. The largest absolute Gasteiger partial charge is 0.373 e. The predicted molar refractivity (Wildman–Crippen MR) is 85.0 cm³/mol. The van der Waals surface area contributed by atoms with Gasteiger partial charge in [-0.15, -0.1) is 0 Å². The molecule has 2 heteroatoms. The highest BCUT2D eigenvalue weighted by molar-refractivity contribution is 5.27. The minimum atomic E-state index is -0.0171. The zero-order chi connectivity index (χ0) is 14.4. The lowest BCUT2D eigenvalue weighted by Gasteiger charge is -2.44. The Hall–Kier alpha value is -0.860. The molecule has 1 atom stereocenters. The Bertz CT molecular complexity index is 404. The van der Waals surface area contributed by atoms with Gasteiger partial charge in [0.1, 0.15) is 0 Å². The normalized spacial score (nSPS) is 19.8. The first-order valence-corrected chi connectivity index (χ1v) is 8.16. The lowest BCUT2D eigenvalue weighted by atomic mass is 9.76. The molecular weight excluding hydrogens is 246 g/mol. The molecule has 1 aliphatic rings. The van der Waals surface area contributed by atoms with Crippen molar-refractivity contribution in [1.29, 1.82) is 0 Å². The molecule has 112 valence electrons. The zero-order valence-electron chi connectivity index (χ0n) is 13.2. The maximum Gasteiger partial charge on any atom is 0.0876 e. The van der Waals surface area contributed by atoms with E-state index in [0.29, 0.717) is 6.04 Å². The van der Waals surface area contributed by atoms with E-state index in [1.54, 1.807) is 0 Å². The molecule has 1 saturated carbocycles. The Morgan fingerprint density at radius 1 is 1.20 bits per heavy atom. The Morgan fingerprint density at radius 3 is 2.55 bits per heavy atom.